The fourth-order valence-electron chi connectivity index (χ4n) is 14.4. The average molecular weight is 1050 g/mol. The number of hydrogen-bond donors (Lipinski definition) is 0. The molecule has 0 aromatic rings. The predicted octanol–water partition coefficient (Wildman–Crippen LogP) is 17.6. The number of carbonyl (C=O) groups excluding carboxylic acids is 5. The van der Waals surface area contributed by atoms with E-state index in [0.717, 1.165) is 116 Å². The third kappa shape index (κ3) is 23.9. The number of ketones is 1. The normalized spacial score (nSPS) is 25.7. The van der Waals surface area contributed by atoms with Crippen molar-refractivity contribution < 1.29 is 42.9 Å². The minimum atomic E-state index is -0.929. The van der Waals surface area contributed by atoms with Crippen LogP contribution in [-0.4, -0.2) is 55.1 Å². The first-order chi connectivity index (χ1) is 36.3. The van der Waals surface area contributed by atoms with Crippen LogP contribution in [0, 0.1) is 46.3 Å². The van der Waals surface area contributed by atoms with Gasteiger partial charge in [-0.3, -0.25) is 24.0 Å². The molecular formula is C66H112O9. The van der Waals surface area contributed by atoms with Crippen LogP contribution in [0.1, 0.15) is 292 Å². The molecule has 4 fully saturated rings. The number of Topliss-reactive ketones (excluding diaryl/α,β-unsaturated/α-hetero) is 1. The van der Waals surface area contributed by atoms with Crippen molar-refractivity contribution >= 4 is 29.7 Å². The van der Waals surface area contributed by atoms with Crippen molar-refractivity contribution in [3.05, 3.63) is 24.3 Å². The molecule has 1 unspecified atom stereocenters. The molecule has 0 spiro atoms. The Morgan fingerprint density at radius 1 is 0.507 bits per heavy atom. The number of carbonyl (C=O) groups is 5. The molecule has 0 aromatic carbocycles. The van der Waals surface area contributed by atoms with E-state index in [1.54, 1.807) is 6.92 Å². The van der Waals surface area contributed by atoms with Crippen molar-refractivity contribution in [2.75, 3.05) is 13.2 Å². The van der Waals surface area contributed by atoms with Gasteiger partial charge in [-0.15, -0.1) is 0 Å². The Morgan fingerprint density at radius 3 is 1.47 bits per heavy atom. The predicted molar refractivity (Wildman–Crippen MR) is 305 cm³/mol. The molecule has 0 radical (unpaired) electrons. The molecule has 0 aliphatic heterocycles. The third-order valence-electron chi connectivity index (χ3n) is 18.9. The van der Waals surface area contributed by atoms with Gasteiger partial charge in [-0.05, 0) is 169 Å². The monoisotopic (exact) mass is 1050 g/mol. The number of rotatable bonds is 41. The minimum Gasteiger partial charge on any atom is -0.462 e. The van der Waals surface area contributed by atoms with Gasteiger partial charge >= 0.3 is 23.9 Å². The highest BCUT2D eigenvalue weighted by atomic mass is 16.6. The molecule has 4 rings (SSSR count). The van der Waals surface area contributed by atoms with E-state index in [1.165, 1.54) is 109 Å². The molecule has 4 saturated carbocycles. The van der Waals surface area contributed by atoms with Crippen LogP contribution in [0.4, 0.5) is 0 Å². The van der Waals surface area contributed by atoms with E-state index in [9.17, 15) is 24.0 Å². The van der Waals surface area contributed by atoms with Gasteiger partial charge in [0.1, 0.15) is 25.1 Å². The average Bonchev–Trinajstić information content (AvgIpc) is 3.75. The number of ether oxygens (including phenoxy) is 4. The number of unbranched alkanes of at least 4 members (excludes halogenated alkanes) is 22. The van der Waals surface area contributed by atoms with E-state index in [-0.39, 0.29) is 85.6 Å². The standard InChI is InChI=1S/C66H112O9/c1-7-9-11-13-15-17-19-21-23-25-27-29-31-33-35-37-61(68)72-50-56(51-73-62(69)38-36-34-32-30-28-26-24-22-20-18-16-14-12-10-8-2)75-64(71)48-52(3)47-63(70)74-55-43-45-65(5)54(49-55)39-40-57-59-42-41-58(53(4)67)66(59,6)46-44-60(57)65/h21-24,52,54-60H,7-20,25-51H2,1-6H3/b23-21-,24-22-/t52?,54-,55+,57-,58+,59-,60-,65-,66+/m0/s1. The summed E-state index contributed by atoms with van der Waals surface area (Å²) in [5.74, 6) is 1.32. The summed E-state index contributed by atoms with van der Waals surface area (Å²) in [6, 6.07) is 0. The lowest BCUT2D eigenvalue weighted by Crippen LogP contribution is -2.54. The quantitative estimate of drug-likeness (QED) is 0.0255. The SMILES string of the molecule is CCCCCCCC/C=C\CCCCCCCC(=O)OCC(COC(=O)CCCCCCC/C=C\CCCCCCCC)OC(=O)CC(C)CC(=O)O[C@@H]1CC[C@@]2(C)[C@@H](CC[C@@H]3[C@@H]2CC[C@]2(C)[C@@H](C(C)=O)CC[C@@H]32)C1. The highest BCUT2D eigenvalue weighted by Crippen LogP contribution is 2.67. The Kier molecular flexibility index (Phi) is 31.8. The van der Waals surface area contributed by atoms with Crippen LogP contribution in [0.2, 0.25) is 0 Å². The highest BCUT2D eigenvalue weighted by Gasteiger charge is 2.61. The van der Waals surface area contributed by atoms with E-state index in [4.69, 9.17) is 18.9 Å². The molecule has 0 bridgehead atoms. The molecule has 9 nitrogen and oxygen atoms in total. The second-order valence-electron chi connectivity index (χ2n) is 25.0. The van der Waals surface area contributed by atoms with Crippen molar-refractivity contribution in [1.82, 2.24) is 0 Å². The summed E-state index contributed by atoms with van der Waals surface area (Å²) >= 11 is 0. The first-order valence-electron chi connectivity index (χ1n) is 31.8. The topological polar surface area (TPSA) is 122 Å². The summed E-state index contributed by atoms with van der Waals surface area (Å²) in [6.07, 6.45) is 49.4. The lowest BCUT2D eigenvalue weighted by atomic mass is 9.44. The van der Waals surface area contributed by atoms with E-state index < -0.39 is 12.1 Å². The zero-order valence-corrected chi connectivity index (χ0v) is 49.1. The van der Waals surface area contributed by atoms with Crippen molar-refractivity contribution in [2.24, 2.45) is 46.3 Å². The number of hydrogen-bond acceptors (Lipinski definition) is 9. The first kappa shape index (κ1) is 64.6. The maximum atomic E-state index is 13.4. The fraction of sp³-hybridized carbons (Fsp3) is 0.864. The second kappa shape index (κ2) is 37.0. The van der Waals surface area contributed by atoms with Crippen LogP contribution in [0.3, 0.4) is 0 Å². The third-order valence-corrected chi connectivity index (χ3v) is 18.9. The Bertz CT molecular complexity index is 1630. The van der Waals surface area contributed by atoms with Gasteiger partial charge in [-0.25, -0.2) is 0 Å². The van der Waals surface area contributed by atoms with E-state index in [2.05, 4.69) is 52.0 Å². The van der Waals surface area contributed by atoms with Crippen molar-refractivity contribution in [3.8, 4) is 0 Å². The van der Waals surface area contributed by atoms with Crippen LogP contribution in [0.15, 0.2) is 24.3 Å². The maximum Gasteiger partial charge on any atom is 0.306 e. The zero-order valence-electron chi connectivity index (χ0n) is 49.1. The van der Waals surface area contributed by atoms with E-state index >= 15 is 0 Å². The lowest BCUT2D eigenvalue weighted by Gasteiger charge is -2.61. The summed E-state index contributed by atoms with van der Waals surface area (Å²) in [4.78, 5) is 65.0. The van der Waals surface area contributed by atoms with Gasteiger partial charge in [-0.1, -0.05) is 162 Å². The molecule has 4 aliphatic carbocycles. The Balaban J connectivity index is 1.14. The van der Waals surface area contributed by atoms with Gasteiger partial charge in [0.2, 0.25) is 0 Å². The minimum absolute atomic E-state index is 0.00364. The fourth-order valence-corrected chi connectivity index (χ4v) is 14.4. The molecule has 0 saturated heterocycles. The Hall–Kier alpha value is -2.97. The maximum absolute atomic E-state index is 13.4. The molecule has 9 atom stereocenters. The molecular weight excluding hydrogens is 937 g/mol. The van der Waals surface area contributed by atoms with E-state index in [1.807, 2.05) is 6.92 Å². The summed E-state index contributed by atoms with van der Waals surface area (Å²) in [6.45, 7) is 12.7. The van der Waals surface area contributed by atoms with E-state index in [0.29, 0.717) is 29.5 Å². The van der Waals surface area contributed by atoms with Gasteiger partial charge in [0, 0.05) is 31.6 Å². The smallest absolute Gasteiger partial charge is 0.306 e. The van der Waals surface area contributed by atoms with Gasteiger partial charge in [0.05, 0.1) is 0 Å². The molecule has 0 aromatic heterocycles. The van der Waals surface area contributed by atoms with Crippen LogP contribution in [-0.2, 0) is 42.9 Å². The van der Waals surface area contributed by atoms with Crippen molar-refractivity contribution in [1.29, 1.82) is 0 Å². The Morgan fingerprint density at radius 2 is 0.960 bits per heavy atom. The van der Waals surface area contributed by atoms with Gasteiger partial charge in [-0.2, -0.15) is 0 Å². The number of esters is 4. The number of fused-ring (bicyclic) bond motifs is 5. The highest BCUT2D eigenvalue weighted by molar-refractivity contribution is 5.79. The van der Waals surface area contributed by atoms with Crippen molar-refractivity contribution in [2.45, 2.75) is 304 Å². The van der Waals surface area contributed by atoms with Crippen LogP contribution >= 0.6 is 0 Å². The molecule has 430 valence electrons. The number of allylic oxidation sites excluding steroid dienone is 4. The summed E-state index contributed by atoms with van der Waals surface area (Å²) in [5, 5.41) is 0. The lowest BCUT2D eigenvalue weighted by molar-refractivity contribution is -0.168. The van der Waals surface area contributed by atoms with Gasteiger partial charge in [0.25, 0.3) is 0 Å². The van der Waals surface area contributed by atoms with Crippen LogP contribution in [0.25, 0.3) is 0 Å². The molecule has 9 heteroatoms. The second-order valence-corrected chi connectivity index (χ2v) is 25.0. The van der Waals surface area contributed by atoms with Crippen LogP contribution < -0.4 is 0 Å². The Labute approximate surface area is 458 Å². The molecule has 0 amide bonds. The van der Waals surface area contributed by atoms with Crippen molar-refractivity contribution in [3.63, 3.8) is 0 Å². The zero-order chi connectivity index (χ0) is 54.2. The summed E-state index contributed by atoms with van der Waals surface area (Å²) in [5.41, 5.74) is 0.394. The molecule has 4 aliphatic rings. The van der Waals surface area contributed by atoms with Gasteiger partial charge in [0.15, 0.2) is 6.10 Å². The van der Waals surface area contributed by atoms with Gasteiger partial charge < -0.3 is 18.9 Å². The summed E-state index contributed by atoms with van der Waals surface area (Å²) < 4.78 is 23.2. The summed E-state index contributed by atoms with van der Waals surface area (Å²) in [7, 11) is 0. The molecule has 0 heterocycles. The molecule has 0 N–H and O–H groups in total. The first-order valence-corrected chi connectivity index (χ1v) is 31.8. The molecule has 75 heavy (non-hydrogen) atoms. The van der Waals surface area contributed by atoms with Crippen LogP contribution in [0.5, 0.6) is 0 Å². The largest absolute Gasteiger partial charge is 0.462 e.